The summed E-state index contributed by atoms with van der Waals surface area (Å²) in [6.45, 7) is 8.85. The lowest BCUT2D eigenvalue weighted by Crippen LogP contribution is -2.43. The van der Waals surface area contributed by atoms with Crippen LogP contribution in [0.4, 0.5) is 9.59 Å². The molecule has 1 N–H and O–H groups in total. The number of nitrogens with zero attached hydrogens (tertiary/aromatic N) is 2. The molecule has 1 unspecified atom stereocenters. The minimum absolute atomic E-state index is 0.00658. The molecule has 9 heteroatoms. The summed E-state index contributed by atoms with van der Waals surface area (Å²) in [5.74, 6) is -0.394. The number of carbonyl (C=O) groups excluding carboxylic acids is 3. The lowest BCUT2D eigenvalue weighted by atomic mass is 10.0. The van der Waals surface area contributed by atoms with E-state index in [2.05, 4.69) is 12.2 Å². The molecule has 0 saturated carbocycles. The van der Waals surface area contributed by atoms with Crippen LogP contribution in [0.1, 0.15) is 110 Å². The predicted octanol–water partition coefficient (Wildman–Crippen LogP) is 6.31. The average molecular weight is 565 g/mol. The molecule has 1 rings (SSSR count). The van der Waals surface area contributed by atoms with Crippen LogP contribution in [0.5, 0.6) is 0 Å². The molecular weight excluding hydrogens is 510 g/mol. The Morgan fingerprint density at radius 1 is 0.850 bits per heavy atom. The molecule has 0 saturated heterocycles. The van der Waals surface area contributed by atoms with Gasteiger partial charge in [-0.1, -0.05) is 83.6 Å². The van der Waals surface area contributed by atoms with Crippen LogP contribution < -0.4 is 9.88 Å². The first-order valence-corrected chi connectivity index (χ1v) is 15.3. The number of imide groups is 1. The van der Waals surface area contributed by atoms with Gasteiger partial charge in [0.2, 0.25) is 11.6 Å². The molecule has 0 fully saturated rings. The van der Waals surface area contributed by atoms with Crippen LogP contribution >= 0.6 is 0 Å². The summed E-state index contributed by atoms with van der Waals surface area (Å²) in [6.07, 6.45) is 16.0. The first-order valence-electron chi connectivity index (χ1n) is 15.3. The Balaban J connectivity index is 2.05. The van der Waals surface area contributed by atoms with Crippen molar-refractivity contribution in [2.24, 2.45) is 0 Å². The summed E-state index contributed by atoms with van der Waals surface area (Å²) in [4.78, 5) is 37.4. The fourth-order valence-corrected chi connectivity index (χ4v) is 4.42. The molecular formula is C31H54N3O6+. The van der Waals surface area contributed by atoms with E-state index in [0.717, 1.165) is 30.0 Å². The van der Waals surface area contributed by atoms with Crippen molar-refractivity contribution >= 4 is 18.1 Å². The first-order chi connectivity index (χ1) is 19.4. The first kappa shape index (κ1) is 35.3. The van der Waals surface area contributed by atoms with Crippen LogP contribution in [0, 0.1) is 0 Å². The van der Waals surface area contributed by atoms with Crippen LogP contribution in [-0.4, -0.2) is 55.5 Å². The minimum Gasteiger partial charge on any atom is -0.447 e. The van der Waals surface area contributed by atoms with Gasteiger partial charge in [-0.2, -0.15) is 0 Å². The monoisotopic (exact) mass is 564 g/mol. The maximum atomic E-state index is 12.4. The fourth-order valence-electron chi connectivity index (χ4n) is 4.42. The van der Waals surface area contributed by atoms with Crippen molar-refractivity contribution in [2.45, 2.75) is 124 Å². The number of ether oxygens (including phenoxy) is 3. The second-order valence-electron chi connectivity index (χ2n) is 10.3. The number of pyridine rings is 1. The van der Waals surface area contributed by atoms with Crippen LogP contribution in [0.15, 0.2) is 24.4 Å². The summed E-state index contributed by atoms with van der Waals surface area (Å²) >= 11 is 0. The van der Waals surface area contributed by atoms with E-state index < -0.39 is 18.1 Å². The molecule has 1 atom stereocenters. The molecule has 0 aromatic carbocycles. The number of aromatic nitrogens is 1. The van der Waals surface area contributed by atoms with E-state index in [0.29, 0.717) is 0 Å². The lowest BCUT2D eigenvalue weighted by Gasteiger charge is -2.18. The van der Waals surface area contributed by atoms with E-state index in [1.165, 1.54) is 71.1 Å². The third-order valence-electron chi connectivity index (χ3n) is 6.81. The van der Waals surface area contributed by atoms with Crippen LogP contribution in [0.2, 0.25) is 0 Å². The highest BCUT2D eigenvalue weighted by Crippen LogP contribution is 2.12. The summed E-state index contributed by atoms with van der Waals surface area (Å²) in [7, 11) is 0. The molecule has 1 heterocycles. The Morgan fingerprint density at radius 2 is 1.45 bits per heavy atom. The average Bonchev–Trinajstić information content (AvgIpc) is 2.93. The molecule has 40 heavy (non-hydrogen) atoms. The van der Waals surface area contributed by atoms with Gasteiger partial charge in [-0.15, -0.1) is 0 Å². The number of nitrogens with one attached hydrogen (secondary N) is 1. The minimum atomic E-state index is -0.718. The maximum Gasteiger partial charge on any atom is 0.417 e. The van der Waals surface area contributed by atoms with E-state index in [4.69, 9.17) is 14.2 Å². The number of hydrogen-bond donors (Lipinski definition) is 1. The molecule has 0 aliphatic rings. The van der Waals surface area contributed by atoms with Crippen molar-refractivity contribution < 1.29 is 33.2 Å². The van der Waals surface area contributed by atoms with Crippen LogP contribution in [0.3, 0.4) is 0 Å². The highest BCUT2D eigenvalue weighted by molar-refractivity contribution is 5.90. The molecule has 0 aliphatic carbocycles. The number of hydrogen-bond acceptors (Lipinski definition) is 6. The zero-order valence-corrected chi connectivity index (χ0v) is 25.5. The number of rotatable bonds is 22. The summed E-state index contributed by atoms with van der Waals surface area (Å²) in [5, 5.41) is 2.86. The Hall–Kier alpha value is -2.68. The third kappa shape index (κ3) is 17.1. The largest absolute Gasteiger partial charge is 0.447 e. The van der Waals surface area contributed by atoms with Crippen LogP contribution in [-0.2, 0) is 32.1 Å². The second-order valence-corrected chi connectivity index (χ2v) is 10.3. The molecule has 0 radical (unpaired) electrons. The van der Waals surface area contributed by atoms with Gasteiger partial charge in [-0.05, 0) is 20.3 Å². The van der Waals surface area contributed by atoms with Crippen LogP contribution in [0.25, 0.3) is 0 Å². The normalized spacial score (nSPS) is 11.6. The number of carbonyl (C=O) groups is 3. The van der Waals surface area contributed by atoms with Gasteiger partial charge in [-0.3, -0.25) is 4.79 Å². The van der Waals surface area contributed by atoms with E-state index in [1.54, 1.807) is 0 Å². The molecule has 1 aromatic rings. The number of aryl methyl sites for hydroxylation is 1. The molecule has 3 amide bonds. The van der Waals surface area contributed by atoms with Gasteiger partial charge in [0.05, 0.1) is 13.2 Å². The van der Waals surface area contributed by atoms with Crippen molar-refractivity contribution in [3.8, 4) is 0 Å². The topological polar surface area (TPSA) is 98.1 Å². The highest BCUT2D eigenvalue weighted by Gasteiger charge is 2.23. The molecule has 228 valence electrons. The van der Waals surface area contributed by atoms with Crippen molar-refractivity contribution in [1.82, 2.24) is 10.2 Å². The molecule has 0 bridgehead atoms. The highest BCUT2D eigenvalue weighted by atomic mass is 16.6. The standard InChI is InChI=1S/C31H53N3O6/c1-5-7-8-9-10-11-12-13-14-15-16-19-27(3)32-30(36)39-24-22-38-23-25-40-31(37)34(28(4)35)26-29-20-17-18-21-33(29)6-2/h17-18,20-21,27H,5-16,19,22-26H2,1-4H3/p+1. The Bertz CT molecular complexity index is 835. The second kappa shape index (κ2) is 23.1. The van der Waals surface area contributed by atoms with Gasteiger partial charge >= 0.3 is 12.2 Å². The van der Waals surface area contributed by atoms with Gasteiger partial charge in [-0.25, -0.2) is 19.1 Å². The summed E-state index contributed by atoms with van der Waals surface area (Å²) in [6, 6.07) is 5.69. The van der Waals surface area contributed by atoms with Gasteiger partial charge in [0.15, 0.2) is 6.20 Å². The SMILES string of the molecule is CCCCCCCCCCCCCC(C)NC(=O)OCCOCCOC(=O)N(Cc1cccc[n+]1CC)C(C)=O. The van der Waals surface area contributed by atoms with Crippen molar-refractivity contribution in [2.75, 3.05) is 26.4 Å². The summed E-state index contributed by atoms with van der Waals surface area (Å²) in [5.41, 5.74) is 0.831. The molecule has 9 nitrogen and oxygen atoms in total. The Labute approximate surface area is 241 Å². The van der Waals surface area contributed by atoms with Crippen molar-refractivity contribution in [3.63, 3.8) is 0 Å². The zero-order valence-electron chi connectivity index (χ0n) is 25.5. The molecule has 0 aliphatic heterocycles. The predicted molar refractivity (Wildman–Crippen MR) is 156 cm³/mol. The Kier molecular flexibility index (Phi) is 20.4. The van der Waals surface area contributed by atoms with E-state index >= 15 is 0 Å². The van der Waals surface area contributed by atoms with E-state index in [-0.39, 0.29) is 39.0 Å². The fraction of sp³-hybridized carbons (Fsp3) is 0.742. The molecule has 0 spiro atoms. The van der Waals surface area contributed by atoms with Gasteiger partial charge in [0.1, 0.15) is 26.3 Å². The zero-order chi connectivity index (χ0) is 29.4. The maximum absolute atomic E-state index is 12.4. The van der Waals surface area contributed by atoms with E-state index in [9.17, 15) is 14.4 Å². The van der Waals surface area contributed by atoms with Crippen molar-refractivity contribution in [1.29, 1.82) is 0 Å². The summed E-state index contributed by atoms with van der Waals surface area (Å²) < 4.78 is 17.7. The third-order valence-corrected chi connectivity index (χ3v) is 6.81. The van der Waals surface area contributed by atoms with Gasteiger partial charge in [0.25, 0.3) is 0 Å². The Morgan fingerprint density at radius 3 is 2.05 bits per heavy atom. The van der Waals surface area contributed by atoms with E-state index in [1.807, 2.05) is 42.8 Å². The number of unbranched alkanes of at least 4 members (excludes halogenated alkanes) is 10. The lowest BCUT2D eigenvalue weighted by molar-refractivity contribution is -0.701. The van der Waals surface area contributed by atoms with Crippen molar-refractivity contribution in [3.05, 3.63) is 30.1 Å². The smallest absolute Gasteiger partial charge is 0.417 e. The number of alkyl carbamates (subject to hydrolysis) is 1. The number of amides is 3. The van der Waals surface area contributed by atoms with Gasteiger partial charge < -0.3 is 19.5 Å². The van der Waals surface area contributed by atoms with Gasteiger partial charge in [0, 0.05) is 25.1 Å². The molecule has 1 aromatic heterocycles. The quantitative estimate of drug-likeness (QED) is 0.131.